The molecule has 0 bridgehead atoms. The molecule has 45 heavy (non-hydrogen) atoms. The molecular weight excluding hydrogens is 614 g/mol. The number of carbonyl (C=O) groups excluding carboxylic acids is 2. The third kappa shape index (κ3) is 7.76. The van der Waals surface area contributed by atoms with Gasteiger partial charge in [0.2, 0.25) is 11.8 Å². The molecule has 0 aromatic heterocycles. The van der Waals surface area contributed by atoms with Crippen LogP contribution in [-0.4, -0.2) is 57.5 Å². The van der Waals surface area contributed by atoms with Crippen molar-refractivity contribution in [2.45, 2.75) is 30.8 Å². The van der Waals surface area contributed by atoms with Gasteiger partial charge in [-0.3, -0.25) is 13.9 Å². The fourth-order valence-corrected chi connectivity index (χ4v) is 6.75. The lowest BCUT2D eigenvalue weighted by Gasteiger charge is -2.34. The average Bonchev–Trinajstić information content (AvgIpc) is 3.06. The molecule has 1 aliphatic rings. The maximum atomic E-state index is 14.5. The number of nitrogens with zero attached hydrogens (tertiary/aromatic N) is 2. The Morgan fingerprint density at radius 2 is 1.51 bits per heavy atom. The molecule has 4 aromatic rings. The number of ether oxygens (including phenoxy) is 2. The van der Waals surface area contributed by atoms with E-state index in [4.69, 9.17) is 21.1 Å². The number of carbonyl (C=O) groups is 2. The summed E-state index contributed by atoms with van der Waals surface area (Å²) < 4.78 is 40.7. The fourth-order valence-electron chi connectivity index (χ4n) is 5.11. The van der Waals surface area contributed by atoms with Gasteiger partial charge in [0, 0.05) is 30.6 Å². The van der Waals surface area contributed by atoms with E-state index >= 15 is 0 Å². The summed E-state index contributed by atoms with van der Waals surface area (Å²) in [5.74, 6) is -0.0697. The number of rotatable bonds is 12. The highest BCUT2D eigenvalue weighted by Crippen LogP contribution is 2.36. The number of fused-ring (bicyclic) bond motifs is 1. The fraction of sp³-hybridized carbons (Fsp3) is 0.235. The molecule has 9 nitrogen and oxygen atoms in total. The molecule has 11 heteroatoms. The Morgan fingerprint density at radius 1 is 0.844 bits per heavy atom. The van der Waals surface area contributed by atoms with E-state index in [0.717, 1.165) is 9.87 Å². The van der Waals surface area contributed by atoms with Crippen LogP contribution in [-0.2, 0) is 32.6 Å². The van der Waals surface area contributed by atoms with Gasteiger partial charge in [-0.05, 0) is 54.4 Å². The molecule has 234 valence electrons. The van der Waals surface area contributed by atoms with Crippen LogP contribution in [0.3, 0.4) is 0 Å². The molecule has 1 heterocycles. The van der Waals surface area contributed by atoms with Crippen LogP contribution in [0.1, 0.15) is 18.1 Å². The van der Waals surface area contributed by atoms with Gasteiger partial charge in [0.25, 0.3) is 10.0 Å². The lowest BCUT2D eigenvalue weighted by atomic mass is 10.0. The van der Waals surface area contributed by atoms with E-state index in [1.807, 2.05) is 36.4 Å². The molecule has 2 amide bonds. The summed E-state index contributed by atoms with van der Waals surface area (Å²) in [6.07, 6.45) is 0.217. The number of hydrogen-bond donors (Lipinski definition) is 1. The van der Waals surface area contributed by atoms with Gasteiger partial charge in [-0.1, -0.05) is 72.3 Å². The molecule has 5 rings (SSSR count). The number of sulfonamides is 1. The van der Waals surface area contributed by atoms with Gasteiger partial charge in [-0.25, -0.2) is 8.42 Å². The third-order valence-electron chi connectivity index (χ3n) is 7.29. The van der Waals surface area contributed by atoms with Gasteiger partial charge in [0.15, 0.2) is 11.5 Å². The Hall–Kier alpha value is -4.54. The van der Waals surface area contributed by atoms with E-state index < -0.39 is 28.5 Å². The molecule has 0 fully saturated rings. The van der Waals surface area contributed by atoms with Gasteiger partial charge >= 0.3 is 0 Å². The summed E-state index contributed by atoms with van der Waals surface area (Å²) in [5.41, 5.74) is 1.75. The summed E-state index contributed by atoms with van der Waals surface area (Å²) in [6, 6.07) is 28.1. The Balaban J connectivity index is 1.58. The molecule has 1 N–H and O–H groups in total. The molecule has 0 spiro atoms. The number of likely N-dealkylation sites (N-methyl/N-ethyl adjacent to an activating group) is 1. The van der Waals surface area contributed by atoms with E-state index in [1.165, 1.54) is 17.0 Å². The van der Waals surface area contributed by atoms with Crippen molar-refractivity contribution in [3.63, 3.8) is 0 Å². The third-order valence-corrected chi connectivity index (χ3v) is 9.31. The van der Waals surface area contributed by atoms with Crippen LogP contribution >= 0.6 is 11.6 Å². The predicted molar refractivity (Wildman–Crippen MR) is 173 cm³/mol. The van der Waals surface area contributed by atoms with E-state index in [0.29, 0.717) is 41.8 Å². The first kappa shape index (κ1) is 31.9. The SMILES string of the molecule is CCNC(=O)[C@@H](Cc1ccccc1)N(Cc1cccc(Cl)c1)C(=O)CN(c1ccc2c(c1)OCCO2)S(=O)(=O)c1ccccc1. The minimum absolute atomic E-state index is 0.0126. The zero-order chi connectivity index (χ0) is 31.8. The van der Waals surface area contributed by atoms with Crippen molar-refractivity contribution < 1.29 is 27.5 Å². The first-order chi connectivity index (χ1) is 21.8. The van der Waals surface area contributed by atoms with Gasteiger partial charge in [0.05, 0.1) is 10.6 Å². The first-order valence-corrected chi connectivity index (χ1v) is 16.4. The number of anilines is 1. The maximum absolute atomic E-state index is 14.5. The zero-order valence-corrected chi connectivity index (χ0v) is 26.3. The second kappa shape index (κ2) is 14.5. The van der Waals surface area contributed by atoms with Crippen molar-refractivity contribution in [1.82, 2.24) is 10.2 Å². The summed E-state index contributed by atoms with van der Waals surface area (Å²) in [7, 11) is -4.24. The van der Waals surface area contributed by atoms with Crippen LogP contribution in [0.4, 0.5) is 5.69 Å². The minimum atomic E-state index is -4.24. The lowest BCUT2D eigenvalue weighted by molar-refractivity contribution is -0.140. The lowest BCUT2D eigenvalue weighted by Crippen LogP contribution is -2.53. The number of benzene rings is 4. The molecule has 0 radical (unpaired) electrons. The van der Waals surface area contributed by atoms with Gasteiger partial charge in [-0.15, -0.1) is 0 Å². The normalized spacial score (nSPS) is 13.0. The minimum Gasteiger partial charge on any atom is -0.486 e. The van der Waals surface area contributed by atoms with Crippen molar-refractivity contribution in [2.75, 3.05) is 30.6 Å². The van der Waals surface area contributed by atoms with E-state index in [-0.39, 0.29) is 29.5 Å². The van der Waals surface area contributed by atoms with Crippen molar-refractivity contribution >= 4 is 39.1 Å². The van der Waals surface area contributed by atoms with Crippen LogP contribution in [0.5, 0.6) is 11.5 Å². The Labute approximate surface area is 268 Å². The highest BCUT2D eigenvalue weighted by Gasteiger charge is 2.35. The summed E-state index contributed by atoms with van der Waals surface area (Å²) >= 11 is 6.29. The van der Waals surface area contributed by atoms with E-state index in [2.05, 4.69) is 5.32 Å². The quantitative estimate of drug-likeness (QED) is 0.230. The number of nitrogens with one attached hydrogen (secondary N) is 1. The van der Waals surface area contributed by atoms with Crippen LogP contribution < -0.4 is 19.1 Å². The number of amides is 2. The van der Waals surface area contributed by atoms with Crippen molar-refractivity contribution in [3.8, 4) is 11.5 Å². The summed E-state index contributed by atoms with van der Waals surface area (Å²) in [5, 5.41) is 3.33. The van der Waals surface area contributed by atoms with Crippen LogP contribution in [0.15, 0.2) is 108 Å². The molecule has 0 saturated carbocycles. The summed E-state index contributed by atoms with van der Waals surface area (Å²) in [4.78, 5) is 29.5. The van der Waals surface area contributed by atoms with E-state index in [1.54, 1.807) is 61.5 Å². The Morgan fingerprint density at radius 3 is 2.20 bits per heavy atom. The monoisotopic (exact) mass is 647 g/mol. The Bertz CT molecular complexity index is 1740. The van der Waals surface area contributed by atoms with Gasteiger partial charge in [-0.2, -0.15) is 0 Å². The largest absolute Gasteiger partial charge is 0.486 e. The standard InChI is InChI=1S/C34H34ClN3O6S/c1-2-36-34(40)30(21-25-10-5-3-6-11-25)37(23-26-12-9-13-27(35)20-26)33(39)24-38(45(41,42)29-14-7-4-8-15-29)28-16-17-31-32(22-28)44-19-18-43-31/h3-17,20,22,30H,2,18-19,21,23-24H2,1H3,(H,36,40)/t30-/m1/s1. The maximum Gasteiger partial charge on any atom is 0.264 e. The molecule has 0 saturated heterocycles. The van der Waals surface area contributed by atoms with Crippen molar-refractivity contribution in [2.24, 2.45) is 0 Å². The van der Waals surface area contributed by atoms with Crippen LogP contribution in [0.2, 0.25) is 5.02 Å². The highest BCUT2D eigenvalue weighted by atomic mass is 35.5. The highest BCUT2D eigenvalue weighted by molar-refractivity contribution is 7.92. The average molecular weight is 648 g/mol. The summed E-state index contributed by atoms with van der Waals surface area (Å²) in [6.45, 7) is 2.28. The molecule has 0 unspecified atom stereocenters. The Kier molecular flexibility index (Phi) is 10.3. The topological polar surface area (TPSA) is 105 Å². The molecule has 1 atom stereocenters. The van der Waals surface area contributed by atoms with Crippen LogP contribution in [0, 0.1) is 0 Å². The molecule has 4 aromatic carbocycles. The molecule has 0 aliphatic carbocycles. The smallest absolute Gasteiger partial charge is 0.264 e. The van der Waals surface area contributed by atoms with Gasteiger partial charge < -0.3 is 19.7 Å². The molecular formula is C34H34ClN3O6S. The first-order valence-electron chi connectivity index (χ1n) is 14.6. The predicted octanol–water partition coefficient (Wildman–Crippen LogP) is 5.08. The number of halogens is 1. The van der Waals surface area contributed by atoms with Crippen molar-refractivity contribution in [3.05, 3.63) is 119 Å². The van der Waals surface area contributed by atoms with Crippen molar-refractivity contribution in [1.29, 1.82) is 0 Å². The van der Waals surface area contributed by atoms with E-state index in [9.17, 15) is 18.0 Å². The van der Waals surface area contributed by atoms with Crippen LogP contribution in [0.25, 0.3) is 0 Å². The second-order valence-electron chi connectivity index (χ2n) is 10.4. The van der Waals surface area contributed by atoms with Gasteiger partial charge in [0.1, 0.15) is 25.8 Å². The second-order valence-corrected chi connectivity index (χ2v) is 12.7. The zero-order valence-electron chi connectivity index (χ0n) is 24.8. The number of hydrogen-bond acceptors (Lipinski definition) is 6. The molecule has 1 aliphatic heterocycles.